The number of anilines is 1. The normalized spacial score (nSPS) is 11.5. The highest BCUT2D eigenvalue weighted by Crippen LogP contribution is 2.30. The van der Waals surface area contributed by atoms with Crippen molar-refractivity contribution in [3.63, 3.8) is 0 Å². The van der Waals surface area contributed by atoms with E-state index in [4.69, 9.17) is 19.7 Å². The first-order chi connectivity index (χ1) is 23.5. The summed E-state index contributed by atoms with van der Waals surface area (Å²) >= 11 is 0. The molecule has 270 valence electrons. The minimum Gasteiger partial charge on any atom is -0.488 e. The highest BCUT2D eigenvalue weighted by Gasteiger charge is 2.31. The first kappa shape index (κ1) is 39.3. The molecule has 1 amide bonds. The summed E-state index contributed by atoms with van der Waals surface area (Å²) in [6, 6.07) is 10.8. The van der Waals surface area contributed by atoms with Gasteiger partial charge in [0.1, 0.15) is 12.4 Å². The van der Waals surface area contributed by atoms with Gasteiger partial charge in [-0.05, 0) is 37.1 Å². The molecule has 11 heteroatoms. The second kappa shape index (κ2) is 20.4. The van der Waals surface area contributed by atoms with E-state index in [-0.39, 0.29) is 23.4 Å². The van der Waals surface area contributed by atoms with Crippen LogP contribution in [0.25, 0.3) is 5.69 Å². The fourth-order valence-corrected chi connectivity index (χ4v) is 5.65. The molecular weight excluding hydrogens is 624 g/mol. The van der Waals surface area contributed by atoms with Gasteiger partial charge in [0.15, 0.2) is 11.4 Å². The highest BCUT2D eigenvalue weighted by molar-refractivity contribution is 5.95. The molecule has 3 aromatic rings. The lowest BCUT2D eigenvalue weighted by atomic mass is 9.91. The van der Waals surface area contributed by atoms with Crippen molar-refractivity contribution in [1.29, 1.82) is 0 Å². The van der Waals surface area contributed by atoms with Crippen molar-refractivity contribution in [2.75, 3.05) is 25.5 Å². The summed E-state index contributed by atoms with van der Waals surface area (Å²) in [5, 5.41) is 14.9. The number of nitrogens with two attached hydrogens (primary N) is 1. The number of nitrogens with one attached hydrogen (secondary N) is 1. The molecule has 0 saturated carbocycles. The summed E-state index contributed by atoms with van der Waals surface area (Å²) in [5.41, 5.74) is 4.98. The number of hydrogen-bond acceptors (Lipinski definition) is 8. The number of nitrogen functional groups attached to an aromatic ring is 1. The average molecular weight is 681 g/mol. The van der Waals surface area contributed by atoms with Gasteiger partial charge in [0.2, 0.25) is 0 Å². The van der Waals surface area contributed by atoms with Crippen LogP contribution in [0, 0.1) is 10.1 Å². The van der Waals surface area contributed by atoms with Gasteiger partial charge >= 0.3 is 0 Å². The molecule has 2 aromatic carbocycles. The number of rotatable bonds is 23. The van der Waals surface area contributed by atoms with Gasteiger partial charge in [-0.1, -0.05) is 104 Å². The molecule has 0 aliphatic carbocycles. The Labute approximate surface area is 290 Å². The summed E-state index contributed by atoms with van der Waals surface area (Å²) < 4.78 is 18.4. The molecule has 49 heavy (non-hydrogen) atoms. The Hall–Kier alpha value is -4.12. The molecule has 0 unspecified atom stereocenters. The van der Waals surface area contributed by atoms with Crippen LogP contribution in [0.4, 0.5) is 11.4 Å². The van der Waals surface area contributed by atoms with Gasteiger partial charge in [0, 0.05) is 48.6 Å². The third-order valence-corrected chi connectivity index (χ3v) is 8.37. The van der Waals surface area contributed by atoms with Crippen LogP contribution >= 0.6 is 0 Å². The predicted molar refractivity (Wildman–Crippen MR) is 194 cm³/mol. The molecule has 0 bridgehead atoms. The SMILES string of the molecule is CCCCCCCCCCCCCCOCCCNC(=O)c1ccc(-n2oc(C(C)(C)C)c(COc3cccc(N)c3)c2=O)c([N+](=O)[O-])c1. The number of carbonyl (C=O) groups excluding carboxylic acids is 1. The molecule has 0 aliphatic rings. The molecule has 3 rings (SSSR count). The minimum atomic E-state index is -0.635. The Bertz CT molecular complexity index is 1520. The molecule has 0 aliphatic heterocycles. The second-order valence-electron chi connectivity index (χ2n) is 13.7. The molecule has 0 saturated heterocycles. The Kier molecular flexibility index (Phi) is 16.4. The number of carbonyl (C=O) groups is 1. The Morgan fingerprint density at radius 1 is 0.918 bits per heavy atom. The number of nitrogens with zero attached hydrogens (tertiary/aromatic N) is 2. The fourth-order valence-electron chi connectivity index (χ4n) is 5.65. The molecule has 3 N–H and O–H groups in total. The fraction of sp³-hybridized carbons (Fsp3) is 0.579. The lowest BCUT2D eigenvalue weighted by molar-refractivity contribution is -0.384. The van der Waals surface area contributed by atoms with Crippen LogP contribution in [0.15, 0.2) is 51.8 Å². The standard InChI is InChI=1S/C38H56N4O7/c1-5-6-7-8-9-10-11-12-13-14-15-16-24-47-25-18-23-40-36(43)29-21-22-33(34(26-29)42(45)46)41-37(44)32(35(49-41)38(2,3)4)28-48-31-20-17-19-30(39)27-31/h17,19-22,26-27H,5-16,18,23-25,28,39H2,1-4H3,(H,40,43). The Morgan fingerprint density at radius 2 is 1.55 bits per heavy atom. The van der Waals surface area contributed by atoms with Gasteiger partial charge < -0.3 is 25.0 Å². The van der Waals surface area contributed by atoms with Crippen LogP contribution < -0.4 is 21.3 Å². The Balaban J connectivity index is 1.47. The van der Waals surface area contributed by atoms with E-state index in [1.54, 1.807) is 24.3 Å². The van der Waals surface area contributed by atoms with Gasteiger partial charge in [-0.2, -0.15) is 0 Å². The van der Waals surface area contributed by atoms with Crippen LogP contribution in [0.2, 0.25) is 0 Å². The predicted octanol–water partition coefficient (Wildman–Crippen LogP) is 8.64. The largest absolute Gasteiger partial charge is 0.488 e. The summed E-state index contributed by atoms with van der Waals surface area (Å²) in [5.74, 6) is 0.354. The first-order valence-electron chi connectivity index (χ1n) is 17.9. The molecular formula is C38H56N4O7. The molecule has 1 aromatic heterocycles. The number of aromatic nitrogens is 1. The van der Waals surface area contributed by atoms with E-state index in [9.17, 15) is 19.7 Å². The van der Waals surface area contributed by atoms with Crippen molar-refractivity contribution in [2.24, 2.45) is 0 Å². The third kappa shape index (κ3) is 13.0. The molecule has 0 fully saturated rings. The summed E-state index contributed by atoms with van der Waals surface area (Å²) in [7, 11) is 0. The molecule has 0 spiro atoms. The van der Waals surface area contributed by atoms with Crippen LogP contribution in [-0.2, 0) is 16.8 Å². The second-order valence-corrected chi connectivity index (χ2v) is 13.7. The summed E-state index contributed by atoms with van der Waals surface area (Å²) in [6.45, 7) is 9.33. The monoisotopic (exact) mass is 680 g/mol. The minimum absolute atomic E-state index is 0.0848. The maximum Gasteiger partial charge on any atom is 0.297 e. The molecule has 1 heterocycles. The van der Waals surface area contributed by atoms with E-state index in [1.807, 2.05) is 20.8 Å². The average Bonchev–Trinajstić information content (AvgIpc) is 3.41. The number of nitro groups is 1. The zero-order valence-corrected chi connectivity index (χ0v) is 29.9. The third-order valence-electron chi connectivity index (χ3n) is 8.37. The van der Waals surface area contributed by atoms with Gasteiger partial charge in [0.25, 0.3) is 17.2 Å². The van der Waals surface area contributed by atoms with Crippen LogP contribution in [0.5, 0.6) is 5.75 Å². The van der Waals surface area contributed by atoms with Crippen molar-refractivity contribution in [1.82, 2.24) is 10.1 Å². The first-order valence-corrected chi connectivity index (χ1v) is 17.9. The zero-order valence-electron chi connectivity index (χ0n) is 29.9. The van der Waals surface area contributed by atoms with Crippen LogP contribution in [-0.4, -0.2) is 35.3 Å². The maximum atomic E-state index is 13.6. The number of nitro benzene ring substituents is 1. The van der Waals surface area contributed by atoms with Crippen molar-refractivity contribution in [3.8, 4) is 11.4 Å². The van der Waals surface area contributed by atoms with Crippen LogP contribution in [0.3, 0.4) is 0 Å². The number of unbranched alkanes of at least 4 members (excludes halogenated alkanes) is 11. The van der Waals surface area contributed by atoms with Gasteiger partial charge in [-0.25, -0.2) is 0 Å². The number of ether oxygens (including phenoxy) is 2. The van der Waals surface area contributed by atoms with Gasteiger partial charge in [-0.15, -0.1) is 4.74 Å². The van der Waals surface area contributed by atoms with E-state index in [0.717, 1.165) is 17.2 Å². The van der Waals surface area contributed by atoms with E-state index >= 15 is 0 Å². The van der Waals surface area contributed by atoms with Crippen molar-refractivity contribution in [3.05, 3.63) is 79.8 Å². The molecule has 0 atom stereocenters. The lowest BCUT2D eigenvalue weighted by Crippen LogP contribution is -2.25. The lowest BCUT2D eigenvalue weighted by Gasteiger charge is -2.16. The number of hydrogen-bond donors (Lipinski definition) is 2. The summed E-state index contributed by atoms with van der Waals surface area (Å²) in [4.78, 5) is 37.9. The summed E-state index contributed by atoms with van der Waals surface area (Å²) in [6.07, 6.45) is 16.2. The van der Waals surface area contributed by atoms with Gasteiger partial charge in [-0.3, -0.25) is 19.7 Å². The smallest absolute Gasteiger partial charge is 0.297 e. The molecule has 11 nitrogen and oxygen atoms in total. The zero-order chi connectivity index (χ0) is 35.6. The van der Waals surface area contributed by atoms with Crippen molar-refractivity contribution >= 4 is 17.3 Å². The Morgan fingerprint density at radius 3 is 2.16 bits per heavy atom. The topological polar surface area (TPSA) is 152 Å². The van der Waals surface area contributed by atoms with E-state index in [2.05, 4.69) is 12.2 Å². The van der Waals surface area contributed by atoms with Crippen molar-refractivity contribution < 1.29 is 23.7 Å². The molecule has 0 radical (unpaired) electrons. The maximum absolute atomic E-state index is 13.6. The quantitative estimate of drug-likeness (QED) is 0.0437. The van der Waals surface area contributed by atoms with Crippen LogP contribution in [0.1, 0.15) is 133 Å². The number of benzene rings is 2. The van der Waals surface area contributed by atoms with Gasteiger partial charge in [0.05, 0.1) is 10.5 Å². The van der Waals surface area contributed by atoms with E-state index in [1.165, 1.54) is 82.8 Å². The number of amides is 1. The van der Waals surface area contributed by atoms with Crippen molar-refractivity contribution in [2.45, 2.75) is 123 Å². The highest BCUT2D eigenvalue weighted by atomic mass is 16.6. The van der Waals surface area contributed by atoms with E-state index < -0.39 is 27.5 Å². The van der Waals surface area contributed by atoms with E-state index in [0.29, 0.717) is 43.4 Å².